The first-order valence-electron chi connectivity index (χ1n) is 8.33. The number of benzene rings is 3. The van der Waals surface area contributed by atoms with Crippen LogP contribution in [-0.2, 0) is 11.2 Å². The predicted octanol–water partition coefficient (Wildman–Crippen LogP) is 4.51. The van der Waals surface area contributed by atoms with E-state index in [1.807, 2.05) is 84.9 Å². The monoisotopic (exact) mass is 367 g/mol. The minimum Gasteiger partial charge on any atom is -0.480 e. The van der Waals surface area contributed by atoms with Gasteiger partial charge in [0, 0.05) is 5.92 Å². The molecular weight excluding hydrogens is 346 g/mol. The molecule has 3 nitrogen and oxygen atoms in total. The Hall–Kier alpha value is -2.62. The number of hydrogen-bond donors (Lipinski definition) is 2. The number of rotatable bonds is 6. The van der Waals surface area contributed by atoms with Gasteiger partial charge in [0.1, 0.15) is 6.04 Å². The van der Waals surface area contributed by atoms with Gasteiger partial charge >= 0.3 is 5.97 Å². The van der Waals surface area contributed by atoms with Crippen LogP contribution in [0.5, 0.6) is 0 Å². The molecule has 3 aromatic rings. The summed E-state index contributed by atoms with van der Waals surface area (Å²) in [4.78, 5) is 11.5. The molecule has 134 valence electrons. The lowest BCUT2D eigenvalue weighted by atomic mass is 9.85. The van der Waals surface area contributed by atoms with Crippen LogP contribution in [0.15, 0.2) is 84.9 Å². The molecule has 0 aromatic heterocycles. The van der Waals surface area contributed by atoms with Crippen LogP contribution in [0.2, 0.25) is 0 Å². The van der Waals surface area contributed by atoms with Gasteiger partial charge in [-0.15, -0.1) is 12.4 Å². The van der Waals surface area contributed by atoms with Crippen molar-refractivity contribution in [3.05, 3.63) is 96.1 Å². The van der Waals surface area contributed by atoms with Crippen LogP contribution in [0.3, 0.4) is 0 Å². The van der Waals surface area contributed by atoms with Crippen molar-refractivity contribution >= 4 is 18.4 Å². The fourth-order valence-corrected chi connectivity index (χ4v) is 3.07. The second kappa shape index (κ2) is 9.18. The van der Waals surface area contributed by atoms with E-state index >= 15 is 0 Å². The lowest BCUT2D eigenvalue weighted by molar-refractivity contribution is -0.139. The lowest BCUT2D eigenvalue weighted by Gasteiger charge is -2.22. The molecule has 0 aliphatic carbocycles. The number of halogens is 1. The lowest BCUT2D eigenvalue weighted by Crippen LogP contribution is -2.37. The van der Waals surface area contributed by atoms with E-state index in [1.54, 1.807) is 0 Å². The van der Waals surface area contributed by atoms with Crippen molar-refractivity contribution in [3.63, 3.8) is 0 Å². The molecule has 0 radical (unpaired) electrons. The van der Waals surface area contributed by atoms with Gasteiger partial charge in [0.05, 0.1) is 0 Å². The molecule has 2 atom stereocenters. The Morgan fingerprint density at radius 3 is 2.04 bits per heavy atom. The highest BCUT2D eigenvalue weighted by Gasteiger charge is 2.26. The maximum Gasteiger partial charge on any atom is 0.321 e. The van der Waals surface area contributed by atoms with Gasteiger partial charge in [-0.3, -0.25) is 4.79 Å². The van der Waals surface area contributed by atoms with Crippen LogP contribution in [0.25, 0.3) is 11.1 Å². The zero-order valence-electron chi connectivity index (χ0n) is 14.3. The number of carbonyl (C=O) groups is 1. The van der Waals surface area contributed by atoms with E-state index in [2.05, 4.69) is 0 Å². The van der Waals surface area contributed by atoms with Gasteiger partial charge in [-0.05, 0) is 28.7 Å². The Morgan fingerprint density at radius 1 is 0.846 bits per heavy atom. The van der Waals surface area contributed by atoms with Crippen molar-refractivity contribution < 1.29 is 9.90 Å². The summed E-state index contributed by atoms with van der Waals surface area (Å²) in [6.45, 7) is 0. The summed E-state index contributed by atoms with van der Waals surface area (Å²) in [6, 6.07) is 27.0. The van der Waals surface area contributed by atoms with E-state index in [0.29, 0.717) is 6.42 Å². The van der Waals surface area contributed by atoms with Gasteiger partial charge in [0.25, 0.3) is 0 Å². The minimum atomic E-state index is -0.981. The van der Waals surface area contributed by atoms with E-state index in [1.165, 1.54) is 0 Å². The third kappa shape index (κ3) is 4.72. The van der Waals surface area contributed by atoms with Gasteiger partial charge in [-0.2, -0.15) is 0 Å². The van der Waals surface area contributed by atoms with Crippen LogP contribution in [-0.4, -0.2) is 17.1 Å². The average Bonchev–Trinajstić information content (AvgIpc) is 2.67. The highest BCUT2D eigenvalue weighted by atomic mass is 35.5. The molecule has 0 aliphatic rings. The molecule has 3 rings (SSSR count). The van der Waals surface area contributed by atoms with E-state index in [9.17, 15) is 9.90 Å². The van der Waals surface area contributed by atoms with E-state index in [-0.39, 0.29) is 18.3 Å². The Morgan fingerprint density at radius 2 is 1.42 bits per heavy atom. The molecule has 3 N–H and O–H groups in total. The Labute approximate surface area is 159 Å². The molecular formula is C22H22ClNO2. The standard InChI is InChI=1S/C22H21NO2.ClH/c23-21(22(24)25)20(14-16-8-3-1-4-9-16)19-13-7-12-18(15-19)17-10-5-2-6-11-17;/h1-13,15,20-21H,14,23H2,(H,24,25);1H/t20-,21+;/m0./s1. The van der Waals surface area contributed by atoms with Gasteiger partial charge in [-0.25, -0.2) is 0 Å². The van der Waals surface area contributed by atoms with Gasteiger partial charge in [0.2, 0.25) is 0 Å². The smallest absolute Gasteiger partial charge is 0.321 e. The number of aliphatic carboxylic acids is 1. The number of hydrogen-bond acceptors (Lipinski definition) is 2. The maximum absolute atomic E-state index is 11.5. The summed E-state index contributed by atoms with van der Waals surface area (Å²) in [6.07, 6.45) is 0.590. The minimum absolute atomic E-state index is 0. The van der Waals surface area contributed by atoms with Crippen molar-refractivity contribution in [1.29, 1.82) is 0 Å². The molecule has 0 saturated carbocycles. The zero-order valence-corrected chi connectivity index (χ0v) is 15.1. The van der Waals surface area contributed by atoms with Crippen molar-refractivity contribution in [2.75, 3.05) is 0 Å². The molecule has 0 aliphatic heterocycles. The fraction of sp³-hybridized carbons (Fsp3) is 0.136. The predicted molar refractivity (Wildman–Crippen MR) is 108 cm³/mol. The molecule has 0 bridgehead atoms. The third-order valence-corrected chi connectivity index (χ3v) is 4.44. The number of carboxylic acid groups (broad SMARTS) is 1. The highest BCUT2D eigenvalue weighted by Crippen LogP contribution is 2.28. The van der Waals surface area contributed by atoms with Crippen molar-refractivity contribution in [2.45, 2.75) is 18.4 Å². The van der Waals surface area contributed by atoms with Crippen LogP contribution in [0, 0.1) is 0 Å². The molecule has 0 unspecified atom stereocenters. The second-order valence-electron chi connectivity index (χ2n) is 6.15. The van der Waals surface area contributed by atoms with Crippen molar-refractivity contribution in [1.82, 2.24) is 0 Å². The summed E-state index contributed by atoms with van der Waals surface area (Å²) in [5.74, 6) is -1.27. The van der Waals surface area contributed by atoms with Crippen molar-refractivity contribution in [2.24, 2.45) is 5.73 Å². The number of carboxylic acids is 1. The summed E-state index contributed by atoms with van der Waals surface area (Å²) < 4.78 is 0. The van der Waals surface area contributed by atoms with Crippen LogP contribution in [0.1, 0.15) is 17.0 Å². The molecule has 0 heterocycles. The average molecular weight is 368 g/mol. The molecule has 3 aromatic carbocycles. The molecule has 4 heteroatoms. The SMILES string of the molecule is Cl.N[C@@H](C(=O)O)[C@@H](Cc1ccccc1)c1cccc(-c2ccccc2)c1. The molecule has 26 heavy (non-hydrogen) atoms. The fourth-order valence-electron chi connectivity index (χ4n) is 3.07. The van der Waals surface area contributed by atoms with Gasteiger partial charge in [-0.1, -0.05) is 84.9 Å². The Bertz CT molecular complexity index is 837. The Kier molecular flexibility index (Phi) is 6.96. The van der Waals surface area contributed by atoms with Gasteiger partial charge in [0.15, 0.2) is 0 Å². The highest BCUT2D eigenvalue weighted by molar-refractivity contribution is 5.85. The summed E-state index contributed by atoms with van der Waals surface area (Å²) in [5.41, 5.74) is 10.2. The van der Waals surface area contributed by atoms with Crippen LogP contribution < -0.4 is 5.73 Å². The van der Waals surface area contributed by atoms with Crippen LogP contribution >= 0.6 is 12.4 Å². The topological polar surface area (TPSA) is 63.3 Å². The zero-order chi connectivity index (χ0) is 17.6. The quantitative estimate of drug-likeness (QED) is 0.673. The largest absolute Gasteiger partial charge is 0.480 e. The molecule has 0 saturated heterocycles. The normalized spacial score (nSPS) is 12.7. The van der Waals surface area contributed by atoms with Crippen molar-refractivity contribution in [3.8, 4) is 11.1 Å². The molecule has 0 spiro atoms. The van der Waals surface area contributed by atoms with Crippen LogP contribution in [0.4, 0.5) is 0 Å². The van der Waals surface area contributed by atoms with E-state index in [0.717, 1.165) is 22.3 Å². The maximum atomic E-state index is 11.5. The van der Waals surface area contributed by atoms with E-state index < -0.39 is 12.0 Å². The first kappa shape index (κ1) is 19.7. The molecule has 0 fully saturated rings. The Balaban J connectivity index is 0.00000243. The first-order chi connectivity index (χ1) is 12.1. The third-order valence-electron chi connectivity index (χ3n) is 4.44. The first-order valence-corrected chi connectivity index (χ1v) is 8.33. The number of nitrogens with two attached hydrogens (primary N) is 1. The second-order valence-corrected chi connectivity index (χ2v) is 6.15. The van der Waals surface area contributed by atoms with E-state index in [4.69, 9.17) is 5.73 Å². The summed E-state index contributed by atoms with van der Waals surface area (Å²) >= 11 is 0. The summed E-state index contributed by atoms with van der Waals surface area (Å²) in [5, 5.41) is 9.45. The van der Waals surface area contributed by atoms with Gasteiger partial charge < -0.3 is 10.8 Å². The molecule has 0 amide bonds. The summed E-state index contributed by atoms with van der Waals surface area (Å²) in [7, 11) is 0.